The van der Waals surface area contributed by atoms with Crippen LogP contribution >= 0.6 is 0 Å². The summed E-state index contributed by atoms with van der Waals surface area (Å²) in [4.78, 5) is 20.4. The van der Waals surface area contributed by atoms with E-state index in [-0.39, 0.29) is 11.9 Å². The van der Waals surface area contributed by atoms with Gasteiger partial charge in [0.25, 0.3) is 0 Å². The van der Waals surface area contributed by atoms with Gasteiger partial charge >= 0.3 is 0 Å². The molecule has 3 heterocycles. The second kappa shape index (κ2) is 4.66. The summed E-state index contributed by atoms with van der Waals surface area (Å²) in [7, 11) is 1.88. The van der Waals surface area contributed by atoms with Crippen LogP contribution in [0, 0.1) is 0 Å². The Labute approximate surface area is 107 Å². The van der Waals surface area contributed by atoms with Crippen LogP contribution < -0.4 is 5.32 Å². The summed E-state index contributed by atoms with van der Waals surface area (Å²) in [5, 5.41) is 3.45. The molecule has 2 saturated heterocycles. The van der Waals surface area contributed by atoms with Crippen LogP contribution in [0.1, 0.15) is 11.7 Å². The van der Waals surface area contributed by atoms with Crippen molar-refractivity contribution >= 4 is 5.91 Å². The van der Waals surface area contributed by atoms with Crippen molar-refractivity contribution in [2.45, 2.75) is 12.1 Å². The Hall–Kier alpha value is -1.46. The maximum Gasteiger partial charge on any atom is 0.236 e. The minimum atomic E-state index is 0.203. The number of nitrogens with zero attached hydrogens (tertiary/aromatic N) is 3. The van der Waals surface area contributed by atoms with E-state index in [9.17, 15) is 4.79 Å². The highest BCUT2D eigenvalue weighted by Crippen LogP contribution is 2.26. The third kappa shape index (κ3) is 2.00. The molecule has 1 N–H and O–H groups in total. The summed E-state index contributed by atoms with van der Waals surface area (Å²) in [5.74, 6) is 0.203. The lowest BCUT2D eigenvalue weighted by Crippen LogP contribution is -2.63. The molecule has 0 bridgehead atoms. The Bertz CT molecular complexity index is 436. The largest absolute Gasteiger partial charge is 0.343 e. The first-order valence-electron chi connectivity index (χ1n) is 6.37. The van der Waals surface area contributed by atoms with E-state index in [0.29, 0.717) is 12.6 Å². The standard InChI is InChI=1S/C13H18N4O/c1-16-8-10-6-14-7-12(17(10)9-13(16)18)11-4-2-3-5-15-11/h2-5,10,12,14H,6-9H2,1H3. The van der Waals surface area contributed by atoms with Crippen LogP contribution in [0.4, 0.5) is 0 Å². The highest BCUT2D eigenvalue weighted by atomic mass is 16.2. The number of fused-ring (bicyclic) bond motifs is 1. The number of pyridine rings is 1. The van der Waals surface area contributed by atoms with E-state index >= 15 is 0 Å². The molecule has 2 atom stereocenters. The van der Waals surface area contributed by atoms with Crippen LogP contribution in [-0.4, -0.2) is 60.0 Å². The van der Waals surface area contributed by atoms with Crippen LogP contribution in [0.2, 0.25) is 0 Å². The van der Waals surface area contributed by atoms with Gasteiger partial charge in [-0.25, -0.2) is 0 Å². The summed E-state index contributed by atoms with van der Waals surface area (Å²) in [6, 6.07) is 6.57. The van der Waals surface area contributed by atoms with E-state index in [1.165, 1.54) is 0 Å². The van der Waals surface area contributed by atoms with Crippen molar-refractivity contribution < 1.29 is 4.79 Å². The number of carbonyl (C=O) groups excluding carboxylic acids is 1. The fraction of sp³-hybridized carbons (Fsp3) is 0.538. The molecule has 1 aromatic heterocycles. The first-order chi connectivity index (χ1) is 8.75. The zero-order valence-corrected chi connectivity index (χ0v) is 10.5. The number of rotatable bonds is 1. The van der Waals surface area contributed by atoms with Crippen molar-refractivity contribution in [2.75, 3.05) is 33.2 Å². The highest BCUT2D eigenvalue weighted by molar-refractivity contribution is 5.79. The van der Waals surface area contributed by atoms with E-state index in [4.69, 9.17) is 0 Å². The number of hydrogen-bond acceptors (Lipinski definition) is 4. The Balaban J connectivity index is 1.85. The quantitative estimate of drug-likeness (QED) is 0.750. The predicted molar refractivity (Wildman–Crippen MR) is 68.0 cm³/mol. The maximum absolute atomic E-state index is 11.9. The van der Waals surface area contributed by atoms with E-state index in [1.807, 2.05) is 36.3 Å². The SMILES string of the molecule is CN1CC2CNCC(c3ccccn3)N2CC1=O. The third-order valence-electron chi connectivity index (χ3n) is 3.84. The summed E-state index contributed by atoms with van der Waals surface area (Å²) < 4.78 is 0. The number of nitrogens with one attached hydrogen (secondary N) is 1. The third-order valence-corrected chi connectivity index (χ3v) is 3.84. The van der Waals surface area contributed by atoms with Crippen molar-refractivity contribution in [1.29, 1.82) is 0 Å². The van der Waals surface area contributed by atoms with Gasteiger partial charge in [-0.2, -0.15) is 0 Å². The second-order valence-corrected chi connectivity index (χ2v) is 5.03. The number of amides is 1. The van der Waals surface area contributed by atoms with Gasteiger partial charge in [-0.15, -0.1) is 0 Å². The molecule has 5 heteroatoms. The number of likely N-dealkylation sites (N-methyl/N-ethyl adjacent to an activating group) is 1. The number of piperazine rings is 2. The average molecular weight is 246 g/mol. The molecular weight excluding hydrogens is 228 g/mol. The fourth-order valence-corrected chi connectivity index (χ4v) is 2.83. The van der Waals surface area contributed by atoms with E-state index in [0.717, 1.165) is 25.3 Å². The van der Waals surface area contributed by atoms with Crippen LogP contribution in [0.25, 0.3) is 0 Å². The smallest absolute Gasteiger partial charge is 0.236 e. The molecule has 0 aliphatic carbocycles. The van der Waals surface area contributed by atoms with Gasteiger partial charge < -0.3 is 10.2 Å². The molecule has 3 rings (SSSR count). The fourth-order valence-electron chi connectivity index (χ4n) is 2.83. The van der Waals surface area contributed by atoms with Crippen molar-refractivity contribution in [1.82, 2.24) is 20.1 Å². The lowest BCUT2D eigenvalue weighted by atomic mass is 10.0. The second-order valence-electron chi connectivity index (χ2n) is 5.03. The Kier molecular flexibility index (Phi) is 3.01. The van der Waals surface area contributed by atoms with E-state index < -0.39 is 0 Å². The summed E-state index contributed by atoms with van der Waals surface area (Å²) in [5.41, 5.74) is 1.05. The van der Waals surface area contributed by atoms with Gasteiger partial charge in [-0.1, -0.05) is 6.07 Å². The summed E-state index contributed by atoms with van der Waals surface area (Å²) in [6.45, 7) is 3.12. The molecule has 1 aromatic rings. The first kappa shape index (κ1) is 11.6. The van der Waals surface area contributed by atoms with Crippen molar-refractivity contribution in [3.05, 3.63) is 30.1 Å². The van der Waals surface area contributed by atoms with Gasteiger partial charge in [0.15, 0.2) is 0 Å². The zero-order valence-electron chi connectivity index (χ0n) is 10.5. The molecule has 2 aliphatic heterocycles. The molecule has 0 aromatic carbocycles. The minimum absolute atomic E-state index is 0.203. The van der Waals surface area contributed by atoms with Crippen LogP contribution in [-0.2, 0) is 4.79 Å². The van der Waals surface area contributed by atoms with Gasteiger partial charge in [-0.05, 0) is 12.1 Å². The van der Waals surface area contributed by atoms with Gasteiger partial charge in [-0.3, -0.25) is 14.7 Å². The average Bonchev–Trinajstić information content (AvgIpc) is 2.40. The molecule has 5 nitrogen and oxygen atoms in total. The van der Waals surface area contributed by atoms with Gasteiger partial charge in [0, 0.05) is 38.9 Å². The van der Waals surface area contributed by atoms with Crippen molar-refractivity contribution in [3.63, 3.8) is 0 Å². The summed E-state index contributed by atoms with van der Waals surface area (Å²) >= 11 is 0. The Morgan fingerprint density at radius 3 is 3.06 bits per heavy atom. The molecule has 2 aliphatic rings. The van der Waals surface area contributed by atoms with Crippen molar-refractivity contribution in [2.24, 2.45) is 0 Å². The lowest BCUT2D eigenvalue weighted by molar-refractivity contribution is -0.139. The minimum Gasteiger partial charge on any atom is -0.343 e. The molecule has 1 amide bonds. The topological polar surface area (TPSA) is 48.5 Å². The molecule has 2 unspecified atom stereocenters. The van der Waals surface area contributed by atoms with Crippen molar-refractivity contribution in [3.8, 4) is 0 Å². The van der Waals surface area contributed by atoms with Crippen LogP contribution in [0.3, 0.4) is 0 Å². The molecule has 0 radical (unpaired) electrons. The van der Waals surface area contributed by atoms with Gasteiger partial charge in [0.1, 0.15) is 0 Å². The zero-order chi connectivity index (χ0) is 12.5. The van der Waals surface area contributed by atoms with Gasteiger partial charge in [0.05, 0.1) is 18.3 Å². The maximum atomic E-state index is 11.9. The number of aromatic nitrogens is 1. The highest BCUT2D eigenvalue weighted by Gasteiger charge is 2.38. The molecule has 2 fully saturated rings. The monoisotopic (exact) mass is 246 g/mol. The Morgan fingerprint density at radius 2 is 2.28 bits per heavy atom. The molecule has 18 heavy (non-hydrogen) atoms. The summed E-state index contributed by atoms with van der Waals surface area (Å²) in [6.07, 6.45) is 1.82. The van der Waals surface area contributed by atoms with Crippen LogP contribution in [0.15, 0.2) is 24.4 Å². The molecule has 96 valence electrons. The molecule has 0 spiro atoms. The normalized spacial score (nSPS) is 29.2. The molecule has 0 saturated carbocycles. The van der Waals surface area contributed by atoms with Crippen LogP contribution in [0.5, 0.6) is 0 Å². The molecular formula is C13H18N4O. The number of hydrogen-bond donors (Lipinski definition) is 1. The van der Waals surface area contributed by atoms with E-state index in [2.05, 4.69) is 15.2 Å². The first-order valence-corrected chi connectivity index (χ1v) is 6.37. The predicted octanol–water partition coefficient (Wildman–Crippen LogP) is -0.132. The number of carbonyl (C=O) groups is 1. The van der Waals surface area contributed by atoms with E-state index in [1.54, 1.807) is 0 Å². The lowest BCUT2D eigenvalue weighted by Gasteiger charge is -2.46. The Morgan fingerprint density at radius 1 is 1.39 bits per heavy atom. The van der Waals surface area contributed by atoms with Gasteiger partial charge in [0.2, 0.25) is 5.91 Å².